The lowest BCUT2D eigenvalue weighted by Crippen LogP contribution is -2.25. The third kappa shape index (κ3) is 5.80. The largest absolute Gasteiger partial charge is 0.504 e. The number of nitrogens with one attached hydrogen (secondary N) is 1. The first kappa shape index (κ1) is 23.8. The van der Waals surface area contributed by atoms with Crippen molar-refractivity contribution in [3.63, 3.8) is 0 Å². The number of hydrazone groups is 1. The van der Waals surface area contributed by atoms with E-state index in [-0.39, 0.29) is 30.4 Å². The van der Waals surface area contributed by atoms with Crippen LogP contribution in [0, 0.1) is 21.8 Å². The number of halogens is 2. The number of phenolic OH excluding ortho intramolecular Hbond substituents is 1. The summed E-state index contributed by atoms with van der Waals surface area (Å²) < 4.78 is 16.9. The molecule has 1 heterocycles. The van der Waals surface area contributed by atoms with E-state index in [1.165, 1.54) is 20.4 Å². The van der Waals surface area contributed by atoms with Gasteiger partial charge in [0.15, 0.2) is 18.1 Å². The van der Waals surface area contributed by atoms with Crippen LogP contribution in [0.15, 0.2) is 21.7 Å². The van der Waals surface area contributed by atoms with Crippen LogP contribution in [0.2, 0.25) is 0 Å². The minimum Gasteiger partial charge on any atom is -0.504 e. The van der Waals surface area contributed by atoms with Crippen molar-refractivity contribution in [2.75, 3.05) is 20.8 Å². The first-order valence-electron chi connectivity index (χ1n) is 8.41. The molecule has 11 heteroatoms. The van der Waals surface area contributed by atoms with Crippen LogP contribution in [0.1, 0.15) is 22.4 Å². The Kier molecular flexibility index (Phi) is 8.82. The van der Waals surface area contributed by atoms with Gasteiger partial charge in [-0.2, -0.15) is 10.4 Å². The summed E-state index contributed by atoms with van der Waals surface area (Å²) in [4.78, 5) is 16.3. The molecule has 158 valence electrons. The molecule has 0 atom stereocenters. The number of aromatic hydroxyl groups is 1. The van der Waals surface area contributed by atoms with Crippen molar-refractivity contribution in [1.29, 1.82) is 5.26 Å². The highest BCUT2D eigenvalue weighted by atomic mass is 127. The molecule has 0 saturated carbocycles. The van der Waals surface area contributed by atoms with Crippen molar-refractivity contribution >= 4 is 50.6 Å². The van der Waals surface area contributed by atoms with E-state index in [0.717, 1.165) is 0 Å². The number of amides is 1. The zero-order chi connectivity index (χ0) is 22.3. The number of carbonyl (C=O) groups excluding carboxylic acids is 1. The highest BCUT2D eigenvalue weighted by Crippen LogP contribution is 2.32. The fourth-order valence-corrected chi connectivity index (χ4v) is 3.41. The van der Waals surface area contributed by atoms with Crippen LogP contribution in [-0.4, -0.2) is 43.0 Å². The van der Waals surface area contributed by atoms with Crippen molar-refractivity contribution in [3.8, 4) is 23.4 Å². The van der Waals surface area contributed by atoms with Gasteiger partial charge in [-0.25, -0.2) is 10.4 Å². The second-order valence-corrected chi connectivity index (χ2v) is 7.81. The van der Waals surface area contributed by atoms with E-state index in [1.54, 1.807) is 19.1 Å². The van der Waals surface area contributed by atoms with Gasteiger partial charge in [-0.15, -0.1) is 0 Å². The highest BCUT2D eigenvalue weighted by molar-refractivity contribution is 14.1. The Balaban J connectivity index is 2.06. The molecular weight excluding hydrogens is 571 g/mol. The maximum absolute atomic E-state index is 12.1. The smallest absolute Gasteiger partial charge is 0.278 e. The van der Waals surface area contributed by atoms with Gasteiger partial charge in [-0.05, 0) is 63.1 Å². The van der Waals surface area contributed by atoms with Gasteiger partial charge < -0.3 is 19.3 Å². The van der Waals surface area contributed by atoms with Crippen LogP contribution in [0.3, 0.4) is 0 Å². The molecule has 0 aliphatic heterocycles. The van der Waals surface area contributed by atoms with Crippen LogP contribution >= 0.6 is 38.5 Å². The molecule has 2 rings (SSSR count). The van der Waals surface area contributed by atoms with Crippen LogP contribution < -0.4 is 14.9 Å². The van der Waals surface area contributed by atoms with Crippen molar-refractivity contribution in [3.05, 3.63) is 42.6 Å². The summed E-state index contributed by atoms with van der Waals surface area (Å²) in [5.74, 6) is -0.162. The fraction of sp³-hybridized carbons (Fsp3) is 0.263. The first-order chi connectivity index (χ1) is 14.3. The second-order valence-electron chi connectivity index (χ2n) is 5.85. The molecule has 9 nitrogen and oxygen atoms in total. The van der Waals surface area contributed by atoms with E-state index in [9.17, 15) is 15.2 Å². The van der Waals surface area contributed by atoms with Gasteiger partial charge in [0.2, 0.25) is 5.88 Å². The molecule has 0 saturated heterocycles. The Morgan fingerprint density at radius 3 is 2.83 bits per heavy atom. The summed E-state index contributed by atoms with van der Waals surface area (Å²) in [5.41, 5.74) is 4.34. The maximum atomic E-state index is 12.1. The zero-order valence-electron chi connectivity index (χ0n) is 16.3. The number of aromatic nitrogens is 1. The molecule has 2 aromatic rings. The predicted molar refractivity (Wildman–Crippen MR) is 121 cm³/mol. The summed E-state index contributed by atoms with van der Waals surface area (Å²) in [6.45, 7) is 1.55. The van der Waals surface area contributed by atoms with E-state index in [0.29, 0.717) is 30.6 Å². The number of hydrogen-bond donors (Lipinski definition) is 2. The van der Waals surface area contributed by atoms with Crippen molar-refractivity contribution in [1.82, 2.24) is 10.4 Å². The fourth-order valence-electron chi connectivity index (χ4n) is 2.38. The maximum Gasteiger partial charge on any atom is 0.278 e. The molecule has 0 radical (unpaired) electrons. The molecule has 2 N–H and O–H groups in total. The van der Waals surface area contributed by atoms with E-state index in [2.05, 4.69) is 31.4 Å². The second kappa shape index (κ2) is 11.1. The third-order valence-electron chi connectivity index (χ3n) is 3.78. The average molecular weight is 589 g/mol. The lowest BCUT2D eigenvalue weighted by molar-refractivity contribution is -0.123. The summed E-state index contributed by atoms with van der Waals surface area (Å²) in [5, 5.41) is 23.2. The molecular formula is C19H18BrIN4O5. The first-order valence-corrected chi connectivity index (χ1v) is 10.3. The monoisotopic (exact) mass is 588 g/mol. The van der Waals surface area contributed by atoms with Gasteiger partial charge in [-0.3, -0.25) is 4.79 Å². The predicted octanol–water partition coefficient (Wildman–Crippen LogP) is 3.02. The van der Waals surface area contributed by atoms with Crippen LogP contribution in [0.5, 0.6) is 17.4 Å². The minimum absolute atomic E-state index is 0.0334. The molecule has 0 bridgehead atoms. The van der Waals surface area contributed by atoms with Crippen LogP contribution in [-0.2, 0) is 16.1 Å². The molecule has 0 unspecified atom stereocenters. The van der Waals surface area contributed by atoms with Crippen molar-refractivity contribution in [2.24, 2.45) is 5.10 Å². The Labute approximate surface area is 195 Å². The summed E-state index contributed by atoms with van der Waals surface area (Å²) in [6, 6.07) is 5.29. The number of rotatable bonds is 8. The van der Waals surface area contributed by atoms with E-state index in [1.807, 2.05) is 28.7 Å². The standard InChI is InChI=1S/C19H18BrIN4O5/c1-10-17(20)13(8-28-2)12(6-22)19(24-10)30-9-16(26)25-23-7-11-4-14(21)18(27)15(5-11)29-3/h4-5,7,27H,8-9H2,1-3H3,(H,25,26). The molecule has 1 amide bonds. The zero-order valence-corrected chi connectivity index (χ0v) is 20.1. The summed E-state index contributed by atoms with van der Waals surface area (Å²) in [7, 11) is 2.95. The van der Waals surface area contributed by atoms with E-state index >= 15 is 0 Å². The van der Waals surface area contributed by atoms with Crippen LogP contribution in [0.25, 0.3) is 0 Å². The lowest BCUT2D eigenvalue weighted by Gasteiger charge is -2.13. The molecule has 1 aromatic carbocycles. The number of nitrogens with zero attached hydrogens (tertiary/aromatic N) is 3. The van der Waals surface area contributed by atoms with E-state index < -0.39 is 5.91 Å². The highest BCUT2D eigenvalue weighted by Gasteiger charge is 2.18. The number of pyridine rings is 1. The number of nitriles is 1. The van der Waals surface area contributed by atoms with Gasteiger partial charge in [0.05, 0.1) is 29.2 Å². The molecule has 1 aromatic heterocycles. The summed E-state index contributed by atoms with van der Waals surface area (Å²) in [6.07, 6.45) is 1.40. The molecule has 0 aliphatic carbocycles. The number of benzene rings is 1. The molecule has 0 spiro atoms. The van der Waals surface area contributed by atoms with Gasteiger partial charge in [-0.1, -0.05) is 0 Å². The number of aryl methyl sites for hydroxylation is 1. The normalized spacial score (nSPS) is 10.7. The number of hydrogen-bond acceptors (Lipinski definition) is 8. The van der Waals surface area contributed by atoms with E-state index in [4.69, 9.17) is 14.2 Å². The Morgan fingerprint density at radius 2 is 2.20 bits per heavy atom. The van der Waals surface area contributed by atoms with Crippen molar-refractivity contribution in [2.45, 2.75) is 13.5 Å². The van der Waals surface area contributed by atoms with Gasteiger partial charge in [0, 0.05) is 17.1 Å². The third-order valence-corrected chi connectivity index (χ3v) is 5.66. The van der Waals surface area contributed by atoms with Crippen molar-refractivity contribution < 1.29 is 24.1 Å². The molecule has 0 aliphatic rings. The SMILES string of the molecule is COCc1c(Br)c(C)nc(OCC(=O)NN=Cc2cc(I)c(O)c(OC)c2)c1C#N. The molecule has 30 heavy (non-hydrogen) atoms. The minimum atomic E-state index is -0.536. The number of carbonyl (C=O) groups is 1. The quantitative estimate of drug-likeness (QED) is 0.276. The Bertz CT molecular complexity index is 1020. The van der Waals surface area contributed by atoms with Gasteiger partial charge in [0.25, 0.3) is 5.91 Å². The Hall–Kier alpha value is -2.43. The topological polar surface area (TPSA) is 126 Å². The number of methoxy groups -OCH3 is 2. The molecule has 0 fully saturated rings. The lowest BCUT2D eigenvalue weighted by atomic mass is 10.1. The van der Waals surface area contributed by atoms with Gasteiger partial charge >= 0.3 is 0 Å². The Morgan fingerprint density at radius 1 is 1.47 bits per heavy atom. The number of ether oxygens (including phenoxy) is 3. The average Bonchev–Trinajstić information content (AvgIpc) is 2.72. The summed E-state index contributed by atoms with van der Waals surface area (Å²) >= 11 is 5.35. The van der Waals surface area contributed by atoms with Crippen LogP contribution in [0.4, 0.5) is 0 Å². The van der Waals surface area contributed by atoms with Gasteiger partial charge in [0.1, 0.15) is 11.6 Å². The number of phenols is 1.